The molecule has 0 saturated heterocycles. The van der Waals surface area contributed by atoms with Crippen LogP contribution in [0.3, 0.4) is 0 Å². The summed E-state index contributed by atoms with van der Waals surface area (Å²) in [5.74, 6) is -0.637. The molecule has 0 aromatic heterocycles. The standard InChI is InChI=1S/C22H25NO6/c1-14(2)19-10-9-18(11-15(19)3)28-13-21(25)29-12-20(24)23-17-7-5-16(6-8-17)22(26)27-4/h5-11,14H,12-13H2,1-4H3,(H,23,24). The van der Waals surface area contributed by atoms with Gasteiger partial charge in [-0.1, -0.05) is 19.9 Å². The number of benzene rings is 2. The summed E-state index contributed by atoms with van der Waals surface area (Å²) < 4.78 is 15.0. The number of rotatable bonds is 8. The maximum Gasteiger partial charge on any atom is 0.344 e. The number of anilines is 1. The molecule has 0 aliphatic carbocycles. The summed E-state index contributed by atoms with van der Waals surface area (Å²) in [6.07, 6.45) is 0. The van der Waals surface area contributed by atoms with E-state index >= 15 is 0 Å². The molecular weight excluding hydrogens is 374 g/mol. The molecule has 7 nitrogen and oxygen atoms in total. The number of nitrogens with one attached hydrogen (secondary N) is 1. The first-order valence-electron chi connectivity index (χ1n) is 9.17. The maximum atomic E-state index is 11.9. The quantitative estimate of drug-likeness (QED) is 0.684. The van der Waals surface area contributed by atoms with Crippen LogP contribution in [0, 0.1) is 6.92 Å². The number of esters is 2. The van der Waals surface area contributed by atoms with E-state index in [4.69, 9.17) is 9.47 Å². The molecule has 1 amide bonds. The summed E-state index contributed by atoms with van der Waals surface area (Å²) in [4.78, 5) is 35.1. The molecule has 0 fully saturated rings. The predicted octanol–water partition coefficient (Wildman–Crippen LogP) is 3.47. The Hall–Kier alpha value is -3.35. The lowest BCUT2D eigenvalue weighted by molar-refractivity contribution is -0.149. The van der Waals surface area contributed by atoms with E-state index in [1.165, 1.54) is 24.8 Å². The summed E-state index contributed by atoms with van der Waals surface area (Å²) in [5.41, 5.74) is 3.14. The smallest absolute Gasteiger partial charge is 0.344 e. The minimum absolute atomic E-state index is 0.290. The van der Waals surface area contributed by atoms with Gasteiger partial charge in [-0.05, 0) is 60.4 Å². The van der Waals surface area contributed by atoms with Crippen molar-refractivity contribution in [2.75, 3.05) is 25.6 Å². The molecule has 0 aliphatic rings. The lowest BCUT2D eigenvalue weighted by atomic mass is 9.98. The Bertz CT molecular complexity index is 873. The molecule has 2 rings (SSSR count). The van der Waals surface area contributed by atoms with Crippen molar-refractivity contribution in [3.63, 3.8) is 0 Å². The Labute approximate surface area is 170 Å². The molecule has 0 radical (unpaired) electrons. The number of ether oxygens (including phenoxy) is 3. The van der Waals surface area contributed by atoms with Gasteiger partial charge >= 0.3 is 11.9 Å². The molecule has 0 unspecified atom stereocenters. The van der Waals surface area contributed by atoms with Crippen molar-refractivity contribution < 1.29 is 28.6 Å². The Morgan fingerprint density at radius 3 is 2.28 bits per heavy atom. The molecule has 0 aliphatic heterocycles. The largest absolute Gasteiger partial charge is 0.482 e. The van der Waals surface area contributed by atoms with Crippen molar-refractivity contribution in [2.24, 2.45) is 0 Å². The Morgan fingerprint density at radius 2 is 1.69 bits per heavy atom. The number of hydrogen-bond donors (Lipinski definition) is 1. The summed E-state index contributed by atoms with van der Waals surface area (Å²) in [7, 11) is 1.29. The van der Waals surface area contributed by atoms with E-state index in [9.17, 15) is 14.4 Å². The second kappa shape index (κ2) is 10.3. The topological polar surface area (TPSA) is 90.9 Å². The Morgan fingerprint density at radius 1 is 1.00 bits per heavy atom. The molecule has 29 heavy (non-hydrogen) atoms. The average molecular weight is 399 g/mol. The number of hydrogen-bond acceptors (Lipinski definition) is 6. The highest BCUT2D eigenvalue weighted by Gasteiger charge is 2.11. The van der Waals surface area contributed by atoms with Gasteiger partial charge in [0.15, 0.2) is 13.2 Å². The highest BCUT2D eigenvalue weighted by Crippen LogP contribution is 2.23. The van der Waals surface area contributed by atoms with Crippen molar-refractivity contribution in [1.29, 1.82) is 0 Å². The normalized spacial score (nSPS) is 10.4. The van der Waals surface area contributed by atoms with E-state index < -0.39 is 24.5 Å². The summed E-state index contributed by atoms with van der Waals surface area (Å²) in [6, 6.07) is 11.8. The van der Waals surface area contributed by atoms with Crippen molar-refractivity contribution in [3.8, 4) is 5.75 Å². The fraction of sp³-hybridized carbons (Fsp3) is 0.318. The van der Waals surface area contributed by atoms with Crippen LogP contribution in [0.25, 0.3) is 0 Å². The fourth-order valence-corrected chi connectivity index (χ4v) is 2.72. The van der Waals surface area contributed by atoms with Crippen molar-refractivity contribution >= 4 is 23.5 Å². The van der Waals surface area contributed by atoms with Gasteiger partial charge in [0.1, 0.15) is 5.75 Å². The third-order valence-corrected chi connectivity index (χ3v) is 4.17. The molecule has 0 atom stereocenters. The number of methoxy groups -OCH3 is 1. The predicted molar refractivity (Wildman–Crippen MR) is 108 cm³/mol. The number of carbonyl (C=O) groups is 3. The van der Waals surface area contributed by atoms with E-state index in [1.54, 1.807) is 18.2 Å². The van der Waals surface area contributed by atoms with Gasteiger partial charge in [-0.2, -0.15) is 0 Å². The van der Waals surface area contributed by atoms with Crippen molar-refractivity contribution in [2.45, 2.75) is 26.7 Å². The molecule has 0 bridgehead atoms. The van der Waals surface area contributed by atoms with E-state index in [-0.39, 0.29) is 6.61 Å². The van der Waals surface area contributed by atoms with Crippen LogP contribution in [0.1, 0.15) is 41.3 Å². The second-order valence-corrected chi connectivity index (χ2v) is 6.74. The molecule has 1 N–H and O–H groups in total. The van der Waals surface area contributed by atoms with E-state index in [0.717, 1.165) is 5.56 Å². The second-order valence-electron chi connectivity index (χ2n) is 6.74. The van der Waals surface area contributed by atoms with Crippen LogP contribution in [-0.2, 0) is 19.1 Å². The lowest BCUT2D eigenvalue weighted by Crippen LogP contribution is -2.23. The van der Waals surface area contributed by atoms with Gasteiger partial charge < -0.3 is 19.5 Å². The van der Waals surface area contributed by atoms with Gasteiger partial charge in [0.05, 0.1) is 12.7 Å². The van der Waals surface area contributed by atoms with Crippen LogP contribution in [-0.4, -0.2) is 38.2 Å². The molecule has 0 spiro atoms. The first kappa shape index (κ1) is 21.9. The van der Waals surface area contributed by atoms with Gasteiger partial charge in [0.2, 0.25) is 0 Å². The van der Waals surface area contributed by atoms with Crippen molar-refractivity contribution in [1.82, 2.24) is 0 Å². The zero-order valence-electron chi connectivity index (χ0n) is 17.0. The van der Waals surface area contributed by atoms with Crippen LogP contribution in [0.4, 0.5) is 5.69 Å². The van der Waals surface area contributed by atoms with Gasteiger partial charge in [-0.15, -0.1) is 0 Å². The van der Waals surface area contributed by atoms with E-state index in [1.807, 2.05) is 19.1 Å². The lowest BCUT2D eigenvalue weighted by Gasteiger charge is -2.12. The third-order valence-electron chi connectivity index (χ3n) is 4.17. The van der Waals surface area contributed by atoms with Gasteiger partial charge in [0, 0.05) is 5.69 Å². The average Bonchev–Trinajstić information content (AvgIpc) is 2.70. The minimum atomic E-state index is -0.647. The summed E-state index contributed by atoms with van der Waals surface area (Å²) in [6.45, 7) is 5.48. The summed E-state index contributed by atoms with van der Waals surface area (Å²) in [5, 5.41) is 2.57. The highest BCUT2D eigenvalue weighted by atomic mass is 16.6. The SMILES string of the molecule is COC(=O)c1ccc(NC(=O)COC(=O)COc2ccc(C(C)C)c(C)c2)cc1. The molecular formula is C22H25NO6. The molecule has 2 aromatic rings. The van der Waals surface area contributed by atoms with Crippen LogP contribution in [0.15, 0.2) is 42.5 Å². The number of amides is 1. The molecule has 2 aromatic carbocycles. The fourth-order valence-electron chi connectivity index (χ4n) is 2.72. The van der Waals surface area contributed by atoms with Crippen LogP contribution < -0.4 is 10.1 Å². The van der Waals surface area contributed by atoms with Crippen LogP contribution >= 0.6 is 0 Å². The monoisotopic (exact) mass is 399 g/mol. The highest BCUT2D eigenvalue weighted by molar-refractivity contribution is 5.94. The van der Waals surface area contributed by atoms with Gasteiger partial charge in [-0.3, -0.25) is 4.79 Å². The van der Waals surface area contributed by atoms with Crippen molar-refractivity contribution in [3.05, 3.63) is 59.2 Å². The molecule has 154 valence electrons. The Balaban J connectivity index is 1.76. The molecule has 0 heterocycles. The molecule has 0 saturated carbocycles. The number of aryl methyl sites for hydroxylation is 1. The first-order valence-corrected chi connectivity index (χ1v) is 9.17. The van der Waals surface area contributed by atoms with Gasteiger partial charge in [0.25, 0.3) is 5.91 Å². The van der Waals surface area contributed by atoms with Crippen LogP contribution in [0.5, 0.6) is 5.75 Å². The zero-order valence-corrected chi connectivity index (χ0v) is 17.0. The van der Waals surface area contributed by atoms with Crippen LogP contribution in [0.2, 0.25) is 0 Å². The Kier molecular flexibility index (Phi) is 7.77. The third kappa shape index (κ3) is 6.64. The number of carbonyl (C=O) groups excluding carboxylic acids is 3. The summed E-state index contributed by atoms with van der Waals surface area (Å²) >= 11 is 0. The zero-order chi connectivity index (χ0) is 21.4. The van der Waals surface area contributed by atoms with E-state index in [2.05, 4.69) is 23.9 Å². The van der Waals surface area contributed by atoms with Gasteiger partial charge in [-0.25, -0.2) is 9.59 Å². The van der Waals surface area contributed by atoms with E-state index in [0.29, 0.717) is 22.9 Å². The molecule has 7 heteroatoms. The minimum Gasteiger partial charge on any atom is -0.482 e. The first-order chi connectivity index (χ1) is 13.8. The maximum absolute atomic E-state index is 11.9.